The molecule has 0 unspecified atom stereocenters. The molecule has 6 heteroatoms. The fourth-order valence-corrected chi connectivity index (χ4v) is 5.34. The SMILES string of the molecule is Fc1ccccc1CCc1ncc2nc(-c3cccc4ccccc34)n(CCC3CCNCC3)c2n1. The van der Waals surface area contributed by atoms with Crippen molar-refractivity contribution in [3.63, 3.8) is 0 Å². The van der Waals surface area contributed by atoms with E-state index in [9.17, 15) is 4.39 Å². The fraction of sp³-hybridized carbons (Fsp3) is 0.300. The Kier molecular flexibility index (Phi) is 6.43. The molecule has 1 N–H and O–H groups in total. The molecule has 1 aliphatic heterocycles. The van der Waals surface area contributed by atoms with Gasteiger partial charge in [-0.05, 0) is 67.1 Å². The summed E-state index contributed by atoms with van der Waals surface area (Å²) in [5.74, 6) is 2.18. The van der Waals surface area contributed by atoms with E-state index >= 15 is 0 Å². The second kappa shape index (κ2) is 10.2. The van der Waals surface area contributed by atoms with Crippen LogP contribution in [-0.2, 0) is 19.4 Å². The smallest absolute Gasteiger partial charge is 0.164 e. The van der Waals surface area contributed by atoms with Crippen molar-refractivity contribution in [2.45, 2.75) is 38.6 Å². The monoisotopic (exact) mass is 479 g/mol. The molecule has 182 valence electrons. The second-order valence-electron chi connectivity index (χ2n) is 9.68. The van der Waals surface area contributed by atoms with Crippen LogP contribution < -0.4 is 5.32 Å². The average Bonchev–Trinajstić information content (AvgIpc) is 3.29. The van der Waals surface area contributed by atoms with Crippen LogP contribution in [0.2, 0.25) is 0 Å². The first kappa shape index (κ1) is 22.8. The van der Waals surface area contributed by atoms with Crippen molar-refractivity contribution in [3.05, 3.63) is 90.1 Å². The van der Waals surface area contributed by atoms with Crippen molar-refractivity contribution in [2.75, 3.05) is 13.1 Å². The van der Waals surface area contributed by atoms with Gasteiger partial charge in [0.1, 0.15) is 23.0 Å². The number of benzene rings is 3. The van der Waals surface area contributed by atoms with Crippen molar-refractivity contribution in [2.24, 2.45) is 5.92 Å². The molecule has 0 bridgehead atoms. The molecule has 1 aliphatic rings. The van der Waals surface area contributed by atoms with E-state index in [0.29, 0.717) is 24.3 Å². The highest BCUT2D eigenvalue weighted by molar-refractivity contribution is 5.96. The van der Waals surface area contributed by atoms with Gasteiger partial charge in [0, 0.05) is 18.5 Å². The number of rotatable bonds is 7. The maximum Gasteiger partial charge on any atom is 0.164 e. The molecular weight excluding hydrogens is 449 g/mol. The Balaban J connectivity index is 1.39. The molecule has 0 amide bonds. The van der Waals surface area contributed by atoms with Gasteiger partial charge in [-0.25, -0.2) is 19.3 Å². The van der Waals surface area contributed by atoms with Gasteiger partial charge in [0.2, 0.25) is 0 Å². The lowest BCUT2D eigenvalue weighted by Gasteiger charge is -2.23. The Morgan fingerprint density at radius 1 is 0.889 bits per heavy atom. The first-order valence-corrected chi connectivity index (χ1v) is 12.9. The molecule has 0 saturated carbocycles. The molecular formula is C30H30FN5. The van der Waals surface area contributed by atoms with E-state index in [1.165, 1.54) is 29.7 Å². The molecule has 0 spiro atoms. The van der Waals surface area contributed by atoms with Gasteiger partial charge in [0.05, 0.1) is 6.20 Å². The van der Waals surface area contributed by atoms with Gasteiger partial charge in [-0.3, -0.25) is 0 Å². The Bertz CT molecular complexity index is 1500. The minimum absolute atomic E-state index is 0.177. The summed E-state index contributed by atoms with van der Waals surface area (Å²) in [4.78, 5) is 14.6. The molecule has 0 radical (unpaired) electrons. The number of aromatic nitrogens is 4. The third-order valence-electron chi connectivity index (χ3n) is 7.36. The molecule has 1 fully saturated rings. The molecule has 2 aromatic heterocycles. The third kappa shape index (κ3) is 4.61. The number of hydrogen-bond donors (Lipinski definition) is 1. The van der Waals surface area contributed by atoms with Gasteiger partial charge in [0.25, 0.3) is 0 Å². The van der Waals surface area contributed by atoms with E-state index in [4.69, 9.17) is 9.97 Å². The minimum Gasteiger partial charge on any atom is -0.317 e. The standard InChI is InChI=1S/C30H30FN5/c31-26-11-4-2-7-23(26)12-13-28-33-20-27-30(35-28)36(19-16-21-14-17-32-18-15-21)29(34-27)25-10-5-8-22-6-1-3-9-24(22)25/h1-11,20-21,32H,12-19H2. The van der Waals surface area contributed by atoms with Crippen LogP contribution in [0.15, 0.2) is 72.9 Å². The topological polar surface area (TPSA) is 55.6 Å². The number of hydrogen-bond acceptors (Lipinski definition) is 4. The van der Waals surface area contributed by atoms with Gasteiger partial charge in [-0.2, -0.15) is 0 Å². The summed E-state index contributed by atoms with van der Waals surface area (Å²) in [6.45, 7) is 3.05. The molecule has 1 saturated heterocycles. The first-order valence-electron chi connectivity index (χ1n) is 12.9. The highest BCUT2D eigenvalue weighted by Gasteiger charge is 2.19. The van der Waals surface area contributed by atoms with Crippen molar-refractivity contribution in [3.8, 4) is 11.4 Å². The Morgan fingerprint density at radius 2 is 1.69 bits per heavy atom. The van der Waals surface area contributed by atoms with Crippen LogP contribution in [0.4, 0.5) is 4.39 Å². The van der Waals surface area contributed by atoms with Crippen molar-refractivity contribution in [1.82, 2.24) is 24.8 Å². The number of aryl methyl sites for hydroxylation is 3. The van der Waals surface area contributed by atoms with Gasteiger partial charge < -0.3 is 9.88 Å². The van der Waals surface area contributed by atoms with E-state index < -0.39 is 0 Å². The van der Waals surface area contributed by atoms with Crippen LogP contribution in [0.5, 0.6) is 0 Å². The molecule has 3 aromatic carbocycles. The number of nitrogens with zero attached hydrogens (tertiary/aromatic N) is 4. The summed E-state index contributed by atoms with van der Waals surface area (Å²) >= 11 is 0. The summed E-state index contributed by atoms with van der Waals surface area (Å²) in [6.07, 6.45) is 6.49. The van der Waals surface area contributed by atoms with Gasteiger partial charge in [-0.15, -0.1) is 0 Å². The van der Waals surface area contributed by atoms with Crippen LogP contribution in [0.3, 0.4) is 0 Å². The van der Waals surface area contributed by atoms with E-state index in [-0.39, 0.29) is 5.82 Å². The molecule has 0 aliphatic carbocycles. The Morgan fingerprint density at radius 3 is 2.58 bits per heavy atom. The van der Waals surface area contributed by atoms with Crippen molar-refractivity contribution in [1.29, 1.82) is 0 Å². The van der Waals surface area contributed by atoms with Crippen LogP contribution in [0.25, 0.3) is 33.3 Å². The summed E-state index contributed by atoms with van der Waals surface area (Å²) in [6, 6.07) is 21.8. The molecule has 36 heavy (non-hydrogen) atoms. The van der Waals surface area contributed by atoms with Crippen LogP contribution in [0.1, 0.15) is 30.7 Å². The highest BCUT2D eigenvalue weighted by atomic mass is 19.1. The minimum atomic E-state index is -0.177. The lowest BCUT2D eigenvalue weighted by Crippen LogP contribution is -2.28. The number of piperidine rings is 1. The van der Waals surface area contributed by atoms with Gasteiger partial charge in [-0.1, -0.05) is 60.7 Å². The molecule has 0 atom stereocenters. The molecule has 5 aromatic rings. The zero-order chi connectivity index (χ0) is 24.3. The summed E-state index contributed by atoms with van der Waals surface area (Å²) < 4.78 is 16.4. The van der Waals surface area contributed by atoms with E-state index in [1.807, 2.05) is 18.3 Å². The van der Waals surface area contributed by atoms with Gasteiger partial charge in [0.15, 0.2) is 5.65 Å². The third-order valence-corrected chi connectivity index (χ3v) is 7.36. The normalized spacial score (nSPS) is 14.6. The highest BCUT2D eigenvalue weighted by Crippen LogP contribution is 2.31. The first-order chi connectivity index (χ1) is 17.8. The second-order valence-corrected chi connectivity index (χ2v) is 9.68. The van der Waals surface area contributed by atoms with E-state index in [0.717, 1.165) is 54.4 Å². The summed E-state index contributed by atoms with van der Waals surface area (Å²) in [7, 11) is 0. The van der Waals surface area contributed by atoms with Crippen LogP contribution in [-0.4, -0.2) is 32.6 Å². The largest absolute Gasteiger partial charge is 0.317 e. The summed E-state index contributed by atoms with van der Waals surface area (Å²) in [5.41, 5.74) is 3.48. The van der Waals surface area contributed by atoms with Gasteiger partial charge >= 0.3 is 0 Å². The summed E-state index contributed by atoms with van der Waals surface area (Å²) in [5, 5.41) is 5.85. The number of imidazole rings is 1. The number of nitrogens with one attached hydrogen (secondary N) is 1. The quantitative estimate of drug-likeness (QED) is 0.313. The molecule has 5 nitrogen and oxygen atoms in total. The predicted octanol–water partition coefficient (Wildman–Crippen LogP) is 5.96. The average molecular weight is 480 g/mol. The lowest BCUT2D eigenvalue weighted by atomic mass is 9.94. The number of halogens is 1. The van der Waals surface area contributed by atoms with E-state index in [1.54, 1.807) is 6.07 Å². The van der Waals surface area contributed by atoms with Crippen LogP contribution >= 0.6 is 0 Å². The predicted molar refractivity (Wildman–Crippen MR) is 142 cm³/mol. The maximum absolute atomic E-state index is 14.1. The Labute approximate surface area is 210 Å². The lowest BCUT2D eigenvalue weighted by molar-refractivity contribution is 0.339. The Hall–Kier alpha value is -3.64. The zero-order valence-electron chi connectivity index (χ0n) is 20.3. The van der Waals surface area contributed by atoms with Crippen molar-refractivity contribution >= 4 is 21.9 Å². The molecule has 3 heterocycles. The van der Waals surface area contributed by atoms with Crippen molar-refractivity contribution < 1.29 is 4.39 Å². The number of fused-ring (bicyclic) bond motifs is 2. The zero-order valence-corrected chi connectivity index (χ0v) is 20.3. The fourth-order valence-electron chi connectivity index (χ4n) is 5.34. The maximum atomic E-state index is 14.1. The molecule has 6 rings (SSSR count). The van der Waals surface area contributed by atoms with E-state index in [2.05, 4.69) is 57.3 Å². The van der Waals surface area contributed by atoms with Crippen LogP contribution in [0, 0.1) is 11.7 Å².